The van der Waals surface area contributed by atoms with Gasteiger partial charge in [0.25, 0.3) is 5.91 Å². The van der Waals surface area contributed by atoms with Gasteiger partial charge in [-0.05, 0) is 50.1 Å². The number of benzene rings is 1. The molecule has 1 aliphatic heterocycles. The van der Waals surface area contributed by atoms with Crippen molar-refractivity contribution in [3.05, 3.63) is 52.7 Å². The minimum atomic E-state index is -0.242. The predicted molar refractivity (Wildman–Crippen MR) is 86.8 cm³/mol. The van der Waals surface area contributed by atoms with Crippen molar-refractivity contribution in [2.24, 2.45) is 0 Å². The monoisotopic (exact) mass is 332 g/mol. The number of hydrogen-bond acceptors (Lipinski definition) is 4. The lowest BCUT2D eigenvalue weighted by atomic mass is 10.1. The second-order valence-corrected chi connectivity index (χ2v) is 5.71. The molecule has 0 saturated carbocycles. The van der Waals surface area contributed by atoms with Crippen LogP contribution in [0.1, 0.15) is 24.4 Å². The van der Waals surface area contributed by atoms with Crippen molar-refractivity contribution in [1.82, 2.24) is 10.3 Å². The minimum Gasteiger partial charge on any atom is -0.488 e. The van der Waals surface area contributed by atoms with Crippen LogP contribution in [0.2, 0.25) is 5.02 Å². The van der Waals surface area contributed by atoms with E-state index >= 15 is 0 Å². The third kappa shape index (κ3) is 3.74. The lowest BCUT2D eigenvalue weighted by Crippen LogP contribution is -2.27. The number of halogens is 1. The first kappa shape index (κ1) is 15.6. The van der Waals surface area contributed by atoms with Gasteiger partial charge in [-0.3, -0.25) is 4.79 Å². The summed E-state index contributed by atoms with van der Waals surface area (Å²) in [6.07, 6.45) is 3.61. The van der Waals surface area contributed by atoms with Crippen LogP contribution in [0.15, 0.2) is 40.5 Å². The number of allylic oxidation sites excluding steroid dienone is 1. The molecule has 23 heavy (non-hydrogen) atoms. The topological polar surface area (TPSA) is 64.4 Å². The van der Waals surface area contributed by atoms with Crippen LogP contribution in [-0.2, 0) is 16.1 Å². The molecule has 0 radical (unpaired) electrons. The first-order valence-corrected chi connectivity index (χ1v) is 7.84. The quantitative estimate of drug-likeness (QED) is 0.928. The van der Waals surface area contributed by atoms with Gasteiger partial charge in [0.1, 0.15) is 0 Å². The third-order valence-electron chi connectivity index (χ3n) is 3.51. The second-order valence-electron chi connectivity index (χ2n) is 5.27. The van der Waals surface area contributed by atoms with Crippen molar-refractivity contribution in [3.8, 4) is 11.3 Å². The molecular weight excluding hydrogens is 316 g/mol. The Hall–Kier alpha value is -2.27. The SMILES string of the molecule is Cc1nc(CNC(=O)C2=CCCCO2)oc1-c1ccc(Cl)cc1. The van der Waals surface area contributed by atoms with Crippen LogP contribution in [0.4, 0.5) is 0 Å². The molecule has 0 bridgehead atoms. The number of rotatable bonds is 4. The van der Waals surface area contributed by atoms with Gasteiger partial charge < -0.3 is 14.5 Å². The number of nitrogens with zero attached hydrogens (tertiary/aromatic N) is 1. The molecule has 1 aliphatic rings. The number of nitrogens with one attached hydrogen (secondary N) is 1. The first-order chi connectivity index (χ1) is 11.1. The molecular formula is C17H17ClN2O3. The van der Waals surface area contributed by atoms with Crippen LogP contribution in [0.3, 0.4) is 0 Å². The van der Waals surface area contributed by atoms with E-state index in [1.807, 2.05) is 19.1 Å². The summed E-state index contributed by atoms with van der Waals surface area (Å²) in [4.78, 5) is 16.3. The van der Waals surface area contributed by atoms with E-state index in [2.05, 4.69) is 10.3 Å². The fourth-order valence-electron chi connectivity index (χ4n) is 2.36. The average Bonchev–Trinajstić information content (AvgIpc) is 2.95. The zero-order valence-corrected chi connectivity index (χ0v) is 13.5. The van der Waals surface area contributed by atoms with E-state index in [4.69, 9.17) is 20.8 Å². The molecule has 3 rings (SSSR count). The van der Waals surface area contributed by atoms with Crippen molar-refractivity contribution in [3.63, 3.8) is 0 Å². The molecule has 1 N–H and O–H groups in total. The molecule has 2 aromatic rings. The van der Waals surface area contributed by atoms with Crippen LogP contribution in [-0.4, -0.2) is 17.5 Å². The molecule has 0 saturated heterocycles. The van der Waals surface area contributed by atoms with Gasteiger partial charge in [0, 0.05) is 10.6 Å². The standard InChI is InChI=1S/C17H17ClN2O3/c1-11-16(12-5-7-13(18)8-6-12)23-15(20-11)10-19-17(21)14-4-2-3-9-22-14/h4-8H,2-3,9-10H2,1H3,(H,19,21). The maximum atomic E-state index is 12.0. The number of oxazole rings is 1. The first-order valence-electron chi connectivity index (χ1n) is 7.47. The van der Waals surface area contributed by atoms with Crippen LogP contribution >= 0.6 is 11.6 Å². The number of hydrogen-bond donors (Lipinski definition) is 1. The van der Waals surface area contributed by atoms with Gasteiger partial charge in [-0.15, -0.1) is 0 Å². The van der Waals surface area contributed by atoms with Crippen molar-refractivity contribution in [1.29, 1.82) is 0 Å². The number of carbonyl (C=O) groups is 1. The van der Waals surface area contributed by atoms with Crippen LogP contribution in [0.25, 0.3) is 11.3 Å². The highest BCUT2D eigenvalue weighted by Gasteiger charge is 2.16. The molecule has 0 spiro atoms. The molecule has 2 heterocycles. The number of carbonyl (C=O) groups excluding carboxylic acids is 1. The molecule has 0 aliphatic carbocycles. The van der Waals surface area contributed by atoms with Gasteiger partial charge in [0.05, 0.1) is 18.8 Å². The number of aromatic nitrogens is 1. The highest BCUT2D eigenvalue weighted by atomic mass is 35.5. The fraction of sp³-hybridized carbons (Fsp3) is 0.294. The number of aryl methyl sites for hydroxylation is 1. The maximum Gasteiger partial charge on any atom is 0.286 e. The fourth-order valence-corrected chi connectivity index (χ4v) is 2.48. The van der Waals surface area contributed by atoms with E-state index in [1.165, 1.54) is 0 Å². The Morgan fingerprint density at radius 2 is 2.13 bits per heavy atom. The van der Waals surface area contributed by atoms with Crippen molar-refractivity contribution >= 4 is 17.5 Å². The van der Waals surface area contributed by atoms with Crippen molar-refractivity contribution in [2.75, 3.05) is 6.61 Å². The van der Waals surface area contributed by atoms with Gasteiger partial charge in [0.15, 0.2) is 11.5 Å². The molecule has 5 nitrogen and oxygen atoms in total. The molecule has 0 unspecified atom stereocenters. The summed E-state index contributed by atoms with van der Waals surface area (Å²) in [7, 11) is 0. The lowest BCUT2D eigenvalue weighted by Gasteiger charge is -2.13. The summed E-state index contributed by atoms with van der Waals surface area (Å²) >= 11 is 5.89. The molecule has 1 aromatic heterocycles. The summed E-state index contributed by atoms with van der Waals surface area (Å²) in [5.74, 6) is 1.27. The molecule has 6 heteroatoms. The maximum absolute atomic E-state index is 12.0. The van der Waals surface area contributed by atoms with Crippen LogP contribution in [0.5, 0.6) is 0 Å². The zero-order chi connectivity index (χ0) is 16.2. The Kier molecular flexibility index (Phi) is 4.67. The van der Waals surface area contributed by atoms with Gasteiger partial charge in [0.2, 0.25) is 5.89 Å². The summed E-state index contributed by atoms with van der Waals surface area (Å²) in [5, 5.41) is 3.43. The van der Waals surface area contributed by atoms with Gasteiger partial charge in [-0.1, -0.05) is 11.6 Å². The lowest BCUT2D eigenvalue weighted by molar-refractivity contribution is -0.121. The minimum absolute atomic E-state index is 0.216. The number of ether oxygens (including phenoxy) is 1. The zero-order valence-electron chi connectivity index (χ0n) is 12.8. The van der Waals surface area contributed by atoms with E-state index in [0.29, 0.717) is 29.0 Å². The second kappa shape index (κ2) is 6.87. The Morgan fingerprint density at radius 1 is 1.35 bits per heavy atom. The Bertz CT molecular complexity index is 735. The smallest absolute Gasteiger partial charge is 0.286 e. The van der Waals surface area contributed by atoms with E-state index < -0.39 is 0 Å². The molecule has 1 amide bonds. The highest BCUT2D eigenvalue weighted by molar-refractivity contribution is 6.30. The summed E-state index contributed by atoms with van der Waals surface area (Å²) in [5.41, 5.74) is 1.67. The Morgan fingerprint density at radius 3 is 2.83 bits per heavy atom. The normalized spacial score (nSPS) is 14.1. The molecule has 0 fully saturated rings. The van der Waals surface area contributed by atoms with Gasteiger partial charge in [-0.25, -0.2) is 4.98 Å². The largest absolute Gasteiger partial charge is 0.488 e. The summed E-state index contributed by atoms with van der Waals surface area (Å²) in [6.45, 7) is 2.66. The number of amides is 1. The van der Waals surface area contributed by atoms with Crippen molar-refractivity contribution < 1.29 is 13.9 Å². The molecule has 1 aromatic carbocycles. The van der Waals surface area contributed by atoms with Gasteiger partial charge in [-0.2, -0.15) is 0 Å². The van der Waals surface area contributed by atoms with Crippen molar-refractivity contribution in [2.45, 2.75) is 26.3 Å². The Balaban J connectivity index is 1.67. The molecule has 120 valence electrons. The van der Waals surface area contributed by atoms with Gasteiger partial charge >= 0.3 is 0 Å². The van der Waals surface area contributed by atoms with Crippen LogP contribution < -0.4 is 5.32 Å². The van der Waals surface area contributed by atoms with Crippen LogP contribution in [0, 0.1) is 6.92 Å². The predicted octanol–water partition coefficient (Wildman–Crippen LogP) is 3.61. The molecule has 0 atom stereocenters. The van der Waals surface area contributed by atoms with E-state index in [1.54, 1.807) is 18.2 Å². The van der Waals surface area contributed by atoms with E-state index in [-0.39, 0.29) is 12.5 Å². The third-order valence-corrected chi connectivity index (χ3v) is 3.76. The Labute approximate surface area is 139 Å². The highest BCUT2D eigenvalue weighted by Crippen LogP contribution is 2.25. The van der Waals surface area contributed by atoms with E-state index in [0.717, 1.165) is 24.1 Å². The average molecular weight is 333 g/mol. The van der Waals surface area contributed by atoms with E-state index in [9.17, 15) is 4.79 Å². The summed E-state index contributed by atoms with van der Waals surface area (Å²) < 4.78 is 11.1. The summed E-state index contributed by atoms with van der Waals surface area (Å²) in [6, 6.07) is 7.35.